The van der Waals surface area contributed by atoms with Crippen LogP contribution in [0.15, 0.2) is 0 Å². The molecule has 2 N–H and O–H groups in total. The van der Waals surface area contributed by atoms with Crippen LogP contribution in [0.1, 0.15) is 12.8 Å². The van der Waals surface area contributed by atoms with E-state index in [1.165, 1.54) is 11.5 Å². The highest BCUT2D eigenvalue weighted by atomic mass is 32.2. The molecule has 7 heteroatoms. The number of nitrogens with one attached hydrogen (secondary N) is 1. The number of nitrogens with zero attached hydrogens (tertiary/aromatic N) is 1. The molecule has 2 saturated heterocycles. The first-order valence-corrected chi connectivity index (χ1v) is 10.1. The smallest absolute Gasteiger partial charge is 0.234 e. The van der Waals surface area contributed by atoms with Crippen LogP contribution in [0.3, 0.4) is 0 Å². The van der Waals surface area contributed by atoms with Crippen LogP contribution in [0.4, 0.5) is 0 Å². The Labute approximate surface area is 127 Å². The molecule has 0 aromatic rings. The second-order valence-corrected chi connectivity index (χ2v) is 8.38. The molecule has 2 rings (SSSR count). The minimum atomic E-state index is -0.367. The molecule has 2 aliphatic rings. The molecular formula is C12H22N2O2S3. The molecule has 4 nitrogen and oxygen atoms in total. The first-order chi connectivity index (χ1) is 9.24. The van der Waals surface area contributed by atoms with Gasteiger partial charge < -0.3 is 10.4 Å². The van der Waals surface area contributed by atoms with Crippen LogP contribution < -0.4 is 5.32 Å². The van der Waals surface area contributed by atoms with Crippen molar-refractivity contribution in [3.8, 4) is 0 Å². The minimum Gasteiger partial charge on any atom is -0.394 e. The van der Waals surface area contributed by atoms with E-state index in [1.54, 1.807) is 0 Å². The van der Waals surface area contributed by atoms with Crippen LogP contribution in [0.5, 0.6) is 0 Å². The van der Waals surface area contributed by atoms with Gasteiger partial charge in [0.05, 0.1) is 18.7 Å². The fraction of sp³-hybridized carbons (Fsp3) is 0.917. The summed E-state index contributed by atoms with van der Waals surface area (Å²) < 4.78 is 0. The summed E-state index contributed by atoms with van der Waals surface area (Å²) in [6.45, 7) is 0.512. The zero-order chi connectivity index (χ0) is 13.6. The highest BCUT2D eigenvalue weighted by Gasteiger charge is 2.33. The molecule has 0 radical (unpaired) electrons. The third-order valence-electron chi connectivity index (χ3n) is 3.44. The van der Waals surface area contributed by atoms with Gasteiger partial charge in [-0.1, -0.05) is 0 Å². The van der Waals surface area contributed by atoms with Crippen LogP contribution in [0.25, 0.3) is 0 Å². The van der Waals surface area contributed by atoms with E-state index in [0.29, 0.717) is 6.54 Å². The van der Waals surface area contributed by atoms with E-state index in [-0.39, 0.29) is 18.1 Å². The summed E-state index contributed by atoms with van der Waals surface area (Å²) in [7, 11) is 0. The van der Waals surface area contributed by atoms with Crippen molar-refractivity contribution < 1.29 is 9.90 Å². The van der Waals surface area contributed by atoms with Gasteiger partial charge in [-0.15, -0.1) is 23.5 Å². The molecule has 0 aromatic carbocycles. The van der Waals surface area contributed by atoms with E-state index in [0.717, 1.165) is 36.1 Å². The van der Waals surface area contributed by atoms with Crippen LogP contribution in [-0.2, 0) is 4.79 Å². The quantitative estimate of drug-likeness (QED) is 0.807. The number of amides is 1. The summed E-state index contributed by atoms with van der Waals surface area (Å²) in [5, 5.41) is 12.7. The number of hydrogen-bond donors (Lipinski definition) is 2. The van der Waals surface area contributed by atoms with E-state index in [4.69, 9.17) is 0 Å². The molecule has 0 aromatic heterocycles. The Bertz CT molecular complexity index is 291. The SMILES string of the molecule is O=C(CN1CSCCSC1)NC1(CO)CCSCC1. The molecule has 110 valence electrons. The van der Waals surface area contributed by atoms with Crippen molar-refractivity contribution in [1.82, 2.24) is 10.2 Å². The largest absolute Gasteiger partial charge is 0.394 e. The third kappa shape index (κ3) is 5.04. The summed E-state index contributed by atoms with van der Waals surface area (Å²) in [5.74, 6) is 6.31. The Balaban J connectivity index is 1.81. The normalized spacial score (nSPS) is 24.7. The first kappa shape index (κ1) is 15.8. The fourth-order valence-electron chi connectivity index (χ4n) is 2.26. The topological polar surface area (TPSA) is 52.6 Å². The van der Waals surface area contributed by atoms with Crippen molar-refractivity contribution in [3.05, 3.63) is 0 Å². The maximum Gasteiger partial charge on any atom is 0.234 e. The molecular weight excluding hydrogens is 300 g/mol. The van der Waals surface area contributed by atoms with Crippen LogP contribution >= 0.6 is 35.3 Å². The summed E-state index contributed by atoms with van der Waals surface area (Å²) >= 11 is 5.68. The van der Waals surface area contributed by atoms with Crippen molar-refractivity contribution in [2.75, 3.05) is 47.9 Å². The predicted molar refractivity (Wildman–Crippen MR) is 85.9 cm³/mol. The second kappa shape index (κ2) is 8.02. The molecule has 0 aliphatic carbocycles. The zero-order valence-corrected chi connectivity index (χ0v) is 13.5. The molecule has 0 atom stereocenters. The molecule has 0 unspecified atom stereocenters. The monoisotopic (exact) mass is 322 g/mol. The van der Waals surface area contributed by atoms with Crippen molar-refractivity contribution in [2.24, 2.45) is 0 Å². The third-order valence-corrected chi connectivity index (χ3v) is 6.77. The molecule has 2 fully saturated rings. The summed E-state index contributed by atoms with van der Waals surface area (Å²) in [6, 6.07) is 0. The highest BCUT2D eigenvalue weighted by Crippen LogP contribution is 2.26. The van der Waals surface area contributed by atoms with Crippen molar-refractivity contribution >= 4 is 41.2 Å². The molecule has 1 amide bonds. The lowest BCUT2D eigenvalue weighted by Gasteiger charge is -2.36. The van der Waals surface area contributed by atoms with Crippen LogP contribution in [0, 0.1) is 0 Å². The van der Waals surface area contributed by atoms with Crippen molar-refractivity contribution in [2.45, 2.75) is 18.4 Å². The summed E-state index contributed by atoms with van der Waals surface area (Å²) in [6.07, 6.45) is 1.76. The van der Waals surface area contributed by atoms with Crippen LogP contribution in [0.2, 0.25) is 0 Å². The second-order valence-electron chi connectivity index (χ2n) is 5.00. The fourth-order valence-corrected chi connectivity index (χ4v) is 5.73. The highest BCUT2D eigenvalue weighted by molar-refractivity contribution is 8.03. The van der Waals surface area contributed by atoms with Gasteiger partial charge in [0.25, 0.3) is 0 Å². The average molecular weight is 323 g/mol. The van der Waals surface area contributed by atoms with Gasteiger partial charge in [-0.3, -0.25) is 9.69 Å². The number of aliphatic hydroxyl groups excluding tert-OH is 1. The number of hydrogen-bond acceptors (Lipinski definition) is 6. The van der Waals surface area contributed by atoms with Crippen LogP contribution in [-0.4, -0.2) is 69.4 Å². The molecule has 2 heterocycles. The number of rotatable bonds is 4. The maximum absolute atomic E-state index is 12.2. The lowest BCUT2D eigenvalue weighted by molar-refractivity contribution is -0.124. The van der Waals surface area contributed by atoms with Crippen molar-refractivity contribution in [1.29, 1.82) is 0 Å². The van der Waals surface area contributed by atoms with Gasteiger partial charge in [-0.25, -0.2) is 0 Å². The molecule has 0 spiro atoms. The lowest BCUT2D eigenvalue weighted by atomic mass is 9.93. The van der Waals surface area contributed by atoms with Crippen molar-refractivity contribution in [3.63, 3.8) is 0 Å². The first-order valence-electron chi connectivity index (χ1n) is 6.62. The average Bonchev–Trinajstić information content (AvgIpc) is 2.68. The number of carbonyl (C=O) groups excluding carboxylic acids is 1. The van der Waals surface area contributed by atoms with Gasteiger partial charge in [0.2, 0.25) is 5.91 Å². The number of thioether (sulfide) groups is 3. The van der Waals surface area contributed by atoms with E-state index in [1.807, 2.05) is 35.3 Å². The van der Waals surface area contributed by atoms with E-state index in [2.05, 4.69) is 10.2 Å². The van der Waals surface area contributed by atoms with Gasteiger partial charge >= 0.3 is 0 Å². The minimum absolute atomic E-state index is 0.0583. The van der Waals surface area contributed by atoms with E-state index in [9.17, 15) is 9.90 Å². The Morgan fingerprint density at radius 3 is 2.32 bits per heavy atom. The van der Waals surface area contributed by atoms with Gasteiger partial charge in [0.15, 0.2) is 0 Å². The molecule has 0 saturated carbocycles. The number of carbonyl (C=O) groups is 1. The van der Waals surface area contributed by atoms with Gasteiger partial charge in [-0.2, -0.15) is 11.8 Å². The Morgan fingerprint density at radius 1 is 1.11 bits per heavy atom. The summed E-state index contributed by atoms with van der Waals surface area (Å²) in [5.41, 5.74) is -0.367. The Morgan fingerprint density at radius 2 is 1.74 bits per heavy atom. The Kier molecular flexibility index (Phi) is 6.68. The molecule has 2 aliphatic heterocycles. The van der Waals surface area contributed by atoms with Gasteiger partial charge in [0, 0.05) is 23.3 Å². The van der Waals surface area contributed by atoms with E-state index >= 15 is 0 Å². The zero-order valence-electron chi connectivity index (χ0n) is 11.1. The maximum atomic E-state index is 12.2. The Hall–Kier alpha value is 0.440. The van der Waals surface area contributed by atoms with Gasteiger partial charge in [0.1, 0.15) is 0 Å². The number of aliphatic hydroxyl groups is 1. The molecule has 19 heavy (non-hydrogen) atoms. The standard InChI is InChI=1S/C12H22N2O2S3/c15-8-12(1-3-17-4-2-12)13-11(16)7-14-9-18-5-6-19-10-14/h15H,1-10H2,(H,13,16). The predicted octanol–water partition coefficient (Wildman–Crippen LogP) is 1.06. The molecule has 0 bridgehead atoms. The lowest BCUT2D eigenvalue weighted by Crippen LogP contribution is -2.55. The van der Waals surface area contributed by atoms with Gasteiger partial charge in [-0.05, 0) is 24.3 Å². The summed E-state index contributed by atoms with van der Waals surface area (Å²) in [4.78, 5) is 14.3. The van der Waals surface area contributed by atoms with E-state index < -0.39 is 0 Å².